The zero-order chi connectivity index (χ0) is 95.2. The molecule has 6 aromatic carbocycles. The SMILES string of the molecule is CCCC[C@H]1C(=O)N(C)CC(=O)N[C@@H](CC(=O)O)C(=O)N[C@@H](C(C)C)C(=O)N(C)[C@@H](Cc2cccc(F)c2)C(=O)N[C@@H](Cc2ccc(O)cc2)C(=O)N(C)CC(=O)N[C@@H](Cc2c[nH]c3ccccc23)C(=O)N[C@@H](Cc2ccc(O)cc2)C(=O)N[C@@H](CC(C)C)C(=O)N[C@H](C(=O)NCC(N)=O)CSCC(=O)N[C@@H](Cc2ccccc2)C(=O)N(C)[C@@H](Cc2ccccc2)C(=O)N1C. The lowest BCUT2D eigenvalue weighted by Gasteiger charge is -2.37. The van der Waals surface area contributed by atoms with Crippen molar-refractivity contribution in [3.8, 4) is 11.5 Å². The van der Waals surface area contributed by atoms with Crippen molar-refractivity contribution in [1.29, 1.82) is 0 Å². The summed E-state index contributed by atoms with van der Waals surface area (Å²) >= 11 is 0.820. The molecule has 1 aromatic heterocycles. The number of carbonyl (C=O) groups excluding carboxylic acids is 15. The fourth-order valence-corrected chi connectivity index (χ4v) is 15.9. The van der Waals surface area contributed by atoms with Crippen LogP contribution in [-0.4, -0.2) is 272 Å². The van der Waals surface area contributed by atoms with Crippen LogP contribution >= 0.6 is 11.8 Å². The van der Waals surface area contributed by atoms with Gasteiger partial charge in [0.25, 0.3) is 0 Å². The summed E-state index contributed by atoms with van der Waals surface area (Å²) in [6.07, 6.45) is -0.383. The molecule has 1 aliphatic heterocycles. The minimum atomic E-state index is -1.95. The molecule has 8 rings (SSSR count). The van der Waals surface area contributed by atoms with Crippen molar-refractivity contribution in [3.63, 3.8) is 0 Å². The second kappa shape index (κ2) is 49.0. The van der Waals surface area contributed by atoms with Crippen molar-refractivity contribution >= 4 is 117 Å². The summed E-state index contributed by atoms with van der Waals surface area (Å²) in [5, 5.41) is 55.3. The number of hydrogen-bond acceptors (Lipinski definition) is 19. The number of carboxylic acids is 1. The van der Waals surface area contributed by atoms with E-state index in [9.17, 15) is 58.5 Å². The number of likely N-dealkylation sites (N-methyl/N-ethyl adjacent to an activating group) is 5. The number of aromatic hydroxyl groups is 2. The lowest BCUT2D eigenvalue weighted by Crippen LogP contribution is -2.61. The zero-order valence-electron chi connectivity index (χ0n) is 74.4. The number of fused-ring (bicyclic) bond motifs is 1. The van der Waals surface area contributed by atoms with Crippen molar-refractivity contribution in [3.05, 3.63) is 203 Å². The normalized spacial score (nSPS) is 21.8. The number of phenols is 2. The molecule has 2 heterocycles. The molecule has 1 aliphatic rings. The van der Waals surface area contributed by atoms with Crippen LogP contribution in [0.3, 0.4) is 0 Å². The van der Waals surface area contributed by atoms with Crippen molar-refractivity contribution in [1.82, 2.24) is 77.3 Å². The smallest absolute Gasteiger partial charge is 0.305 e. The number of aromatic amines is 1. The lowest BCUT2D eigenvalue weighted by atomic mass is 9.98. The van der Waals surface area contributed by atoms with Gasteiger partial charge < -0.3 is 98.4 Å². The maximum absolute atomic E-state index is 15.5. The quantitative estimate of drug-likeness (QED) is 0.0437. The number of benzene rings is 6. The van der Waals surface area contributed by atoms with Gasteiger partial charge in [0.05, 0.1) is 31.8 Å². The van der Waals surface area contributed by atoms with Gasteiger partial charge in [-0.3, -0.25) is 76.7 Å². The van der Waals surface area contributed by atoms with Gasteiger partial charge in [-0.05, 0) is 101 Å². The van der Waals surface area contributed by atoms with E-state index in [0.29, 0.717) is 51.6 Å². The molecule has 35 nitrogen and oxygen atoms in total. The first-order valence-corrected chi connectivity index (χ1v) is 43.9. The summed E-state index contributed by atoms with van der Waals surface area (Å²) in [7, 11) is 6.37. The third kappa shape index (κ3) is 30.5. The molecule has 37 heteroatoms. The number of nitrogens with one attached hydrogen (secondary N) is 10. The number of hydrogen-bond donors (Lipinski definition) is 14. The Hall–Kier alpha value is -13.7. The number of nitrogens with two attached hydrogens (primary N) is 1. The maximum Gasteiger partial charge on any atom is 0.305 e. The Morgan fingerprint density at radius 3 is 1.53 bits per heavy atom. The van der Waals surface area contributed by atoms with Gasteiger partial charge in [-0.2, -0.15) is 0 Å². The molecule has 0 bridgehead atoms. The van der Waals surface area contributed by atoms with Crippen molar-refractivity contribution in [2.75, 3.05) is 66.4 Å². The van der Waals surface area contributed by atoms with Gasteiger partial charge in [-0.1, -0.05) is 163 Å². The maximum atomic E-state index is 15.5. The Kier molecular flexibility index (Phi) is 38.3. The lowest BCUT2D eigenvalue weighted by molar-refractivity contribution is -0.151. The van der Waals surface area contributed by atoms with Gasteiger partial charge in [0.15, 0.2) is 0 Å². The molecule has 1 saturated heterocycles. The van der Waals surface area contributed by atoms with E-state index < -0.39 is 217 Å². The monoisotopic (exact) mass is 1810 g/mol. The topological polar surface area (TPSA) is 500 Å². The molecule has 0 aliphatic carbocycles. The van der Waals surface area contributed by atoms with E-state index in [0.717, 1.165) is 48.4 Å². The molecule has 0 radical (unpaired) electrons. The number of aliphatic carboxylic acids is 1. The van der Waals surface area contributed by atoms with E-state index in [-0.39, 0.29) is 67.9 Å². The number of halogens is 1. The summed E-state index contributed by atoms with van der Waals surface area (Å²) in [4.78, 5) is 243. The first-order valence-electron chi connectivity index (χ1n) is 42.8. The summed E-state index contributed by atoms with van der Waals surface area (Å²) < 4.78 is 15.2. The van der Waals surface area contributed by atoms with Gasteiger partial charge in [-0.15, -0.1) is 11.8 Å². The van der Waals surface area contributed by atoms with Crippen LogP contribution in [0.4, 0.5) is 4.39 Å². The molecular formula is C93H117FN16O19S. The van der Waals surface area contributed by atoms with Gasteiger partial charge in [-0.25, -0.2) is 4.39 Å². The van der Waals surface area contributed by atoms with Crippen molar-refractivity contribution in [2.45, 2.75) is 172 Å². The fourth-order valence-electron chi connectivity index (χ4n) is 15.0. The summed E-state index contributed by atoms with van der Waals surface area (Å²) in [6, 6.07) is 23.0. The molecule has 15 N–H and O–H groups in total. The first kappa shape index (κ1) is 102. The Bertz CT molecular complexity index is 5140. The average molecular weight is 1810 g/mol. The molecule has 0 spiro atoms. The minimum Gasteiger partial charge on any atom is -0.508 e. The van der Waals surface area contributed by atoms with Crippen LogP contribution in [0.5, 0.6) is 11.5 Å². The predicted octanol–water partition coefficient (Wildman–Crippen LogP) is 2.47. The fraction of sp³-hybridized carbons (Fsp3) is 0.419. The minimum absolute atomic E-state index is 0.0129. The van der Waals surface area contributed by atoms with Gasteiger partial charge in [0, 0.05) is 96.6 Å². The number of phenolic OH excluding ortho intramolecular Hbond substituents is 2. The van der Waals surface area contributed by atoms with Crippen LogP contribution in [0.2, 0.25) is 0 Å². The number of thioether (sulfide) groups is 1. The second-order valence-electron chi connectivity index (χ2n) is 33.2. The van der Waals surface area contributed by atoms with Crippen LogP contribution in [0.1, 0.15) is 100 Å². The molecule has 130 heavy (non-hydrogen) atoms. The molecule has 696 valence electrons. The number of unbranched alkanes of at least 4 members (excludes halogenated alkanes) is 1. The van der Waals surface area contributed by atoms with Crippen molar-refractivity contribution < 1.29 is 96.4 Å². The zero-order valence-corrected chi connectivity index (χ0v) is 75.2. The molecule has 11 atom stereocenters. The number of amides is 15. The van der Waals surface area contributed by atoms with Gasteiger partial charge >= 0.3 is 5.97 Å². The highest BCUT2D eigenvalue weighted by Gasteiger charge is 2.42. The predicted molar refractivity (Wildman–Crippen MR) is 482 cm³/mol. The Morgan fingerprint density at radius 2 is 0.962 bits per heavy atom. The number of H-pyrrole nitrogens is 1. The third-order valence-electron chi connectivity index (χ3n) is 22.1. The van der Waals surface area contributed by atoms with Gasteiger partial charge in [0.2, 0.25) is 88.6 Å². The Balaban J connectivity index is 1.22. The van der Waals surface area contributed by atoms with Crippen molar-refractivity contribution in [2.24, 2.45) is 17.6 Å². The van der Waals surface area contributed by atoms with Crippen LogP contribution in [0.25, 0.3) is 10.9 Å². The molecule has 0 saturated carbocycles. The number of para-hydroxylation sites is 1. The van der Waals surface area contributed by atoms with E-state index in [1.54, 1.807) is 105 Å². The van der Waals surface area contributed by atoms with Gasteiger partial charge in [0.1, 0.15) is 83.8 Å². The molecular weight excluding hydrogens is 1700 g/mol. The standard InChI is InChI=1S/C93H117FN16O19S/c1-11-12-30-74-91(127)107(7)51-79(115)99-70(47-81(117)118)87(123)105-82(55(4)5)93(129)109(9)75(45-60-26-21-27-62(94)40-60)88(124)103-71(43-59-33-37-64(112)38-34-59)89(125)106(6)50-78(114)98-69(46-61-48-96-66-29-20-19-28-65(61)66)86(122)102-68(41-58-31-35-63(111)36-32-58)85(121)101-67(39-54(2)3)84(120)104-73(83(119)97-49-77(95)113)52-130-53-80(116)100-72(42-56-22-15-13-16-23-56)90(126)110(10)76(92(128)108(74)8)44-57-24-17-14-18-25-57/h13-29,31-38,40,48,54-55,67-76,82,96,111-112H,11-12,30,39,41-47,49-53H2,1-10H3,(H2,95,113)(H,97,119)(H,98,114)(H,99,115)(H,100,116)(H,101,121)(H,102,122)(H,103,124)(H,104,120)(H,105,123)(H,117,118)/t67-,68-,69-,70-,71-,72-,73-,74-,75-,76-,82-/m0/s1. The highest BCUT2D eigenvalue weighted by atomic mass is 32.2. The number of rotatable bonds is 23. The van der Waals surface area contributed by atoms with Crippen LogP contribution < -0.4 is 53.6 Å². The molecule has 15 amide bonds. The molecule has 0 unspecified atom stereocenters. The van der Waals surface area contributed by atoms with Crippen LogP contribution in [-0.2, 0) is 115 Å². The summed E-state index contributed by atoms with van der Waals surface area (Å²) in [5.41, 5.74) is 8.63. The third-order valence-corrected chi connectivity index (χ3v) is 23.1. The van der Waals surface area contributed by atoms with E-state index in [1.165, 1.54) is 110 Å². The summed E-state index contributed by atoms with van der Waals surface area (Å²) in [6.45, 7) is 5.97. The van der Waals surface area contributed by atoms with Crippen LogP contribution in [0, 0.1) is 17.7 Å². The van der Waals surface area contributed by atoms with Crippen LogP contribution in [0.15, 0.2) is 164 Å². The molecule has 7 aromatic rings. The number of carbonyl (C=O) groups is 16. The highest BCUT2D eigenvalue weighted by Crippen LogP contribution is 2.25. The highest BCUT2D eigenvalue weighted by molar-refractivity contribution is 8.00. The second-order valence-corrected chi connectivity index (χ2v) is 34.2. The summed E-state index contributed by atoms with van der Waals surface area (Å²) in [5.74, 6) is -18.9. The number of aromatic nitrogens is 1. The number of carboxylic acid groups (broad SMARTS) is 1. The average Bonchev–Trinajstić information content (AvgIpc) is 1.49. The molecule has 1 fully saturated rings. The Labute approximate surface area is 757 Å². The van der Waals surface area contributed by atoms with E-state index in [2.05, 4.69) is 52.8 Å². The van der Waals surface area contributed by atoms with E-state index in [1.807, 2.05) is 6.92 Å². The first-order chi connectivity index (χ1) is 61.8. The number of nitrogens with zero attached hydrogens (tertiary/aromatic N) is 5. The number of primary amides is 1. The van der Waals surface area contributed by atoms with E-state index in [4.69, 9.17) is 5.73 Å². The largest absolute Gasteiger partial charge is 0.508 e. The Morgan fingerprint density at radius 1 is 0.485 bits per heavy atom. The van der Waals surface area contributed by atoms with E-state index >= 15 is 38.0 Å².